The Morgan fingerprint density at radius 2 is 2.20 bits per heavy atom. The van der Waals surface area contributed by atoms with Gasteiger partial charge in [-0.05, 0) is 6.42 Å². The fourth-order valence-electron chi connectivity index (χ4n) is 1.07. The van der Waals surface area contributed by atoms with Crippen LogP contribution < -0.4 is 5.32 Å². The first kappa shape index (κ1) is 8.75. The minimum Gasteiger partial charge on any atom is -0.311 e. The van der Waals surface area contributed by atoms with Gasteiger partial charge in [0.15, 0.2) is 0 Å². The molecule has 0 spiro atoms. The third-order valence-corrected chi connectivity index (χ3v) is 3.99. The van der Waals surface area contributed by atoms with Crippen LogP contribution in [0.3, 0.4) is 0 Å². The van der Waals surface area contributed by atoms with Crippen molar-refractivity contribution in [2.75, 3.05) is 11.5 Å². The van der Waals surface area contributed by atoms with Crippen LogP contribution in [0.2, 0.25) is 0 Å². The minimum absolute atomic E-state index is 0.647. The molecule has 0 saturated carbocycles. The second-order valence-corrected chi connectivity index (χ2v) is 5.54. The molecule has 1 fully saturated rings. The summed E-state index contributed by atoms with van der Waals surface area (Å²) >= 11 is 0. The number of hydrogen-bond acceptors (Lipinski definition) is 3. The van der Waals surface area contributed by atoms with Gasteiger partial charge in [-0.1, -0.05) is 35.4 Å². The maximum absolute atomic E-state index is 3.55. The lowest BCUT2D eigenvalue weighted by Crippen LogP contribution is -2.37. The third-order valence-electron chi connectivity index (χ3n) is 1.47. The predicted octanol–water partition coefficient (Wildman–Crippen LogP) is 2.14. The van der Waals surface area contributed by atoms with Crippen LogP contribution in [0.5, 0.6) is 0 Å². The standard InChI is InChI=1S/C7H15NS2/c1-6(2)8-7-3-4-9-10-5-7/h6-8H,3-5H2,1-2H3. The van der Waals surface area contributed by atoms with Gasteiger partial charge < -0.3 is 5.32 Å². The third kappa shape index (κ3) is 3.17. The molecule has 1 aliphatic heterocycles. The van der Waals surface area contributed by atoms with Crippen LogP contribution in [0, 0.1) is 0 Å². The van der Waals surface area contributed by atoms with Crippen molar-refractivity contribution < 1.29 is 0 Å². The molecule has 10 heavy (non-hydrogen) atoms. The maximum atomic E-state index is 3.55. The molecule has 3 heteroatoms. The van der Waals surface area contributed by atoms with E-state index in [4.69, 9.17) is 0 Å². The summed E-state index contributed by atoms with van der Waals surface area (Å²) in [4.78, 5) is 0. The topological polar surface area (TPSA) is 12.0 Å². The van der Waals surface area contributed by atoms with Gasteiger partial charge in [-0.2, -0.15) is 0 Å². The predicted molar refractivity (Wildman–Crippen MR) is 51.6 cm³/mol. The van der Waals surface area contributed by atoms with E-state index in [0.717, 1.165) is 6.04 Å². The Balaban J connectivity index is 2.13. The first-order valence-electron chi connectivity index (χ1n) is 3.79. The molecular weight excluding hydrogens is 162 g/mol. The Bertz CT molecular complexity index is 89.6. The summed E-state index contributed by atoms with van der Waals surface area (Å²) < 4.78 is 0. The summed E-state index contributed by atoms with van der Waals surface area (Å²) in [6.07, 6.45) is 1.34. The molecule has 0 aromatic heterocycles. The summed E-state index contributed by atoms with van der Waals surface area (Å²) in [6, 6.07) is 1.42. The van der Waals surface area contributed by atoms with Crippen molar-refractivity contribution in [3.05, 3.63) is 0 Å². The summed E-state index contributed by atoms with van der Waals surface area (Å²) in [5.41, 5.74) is 0. The lowest BCUT2D eigenvalue weighted by molar-refractivity contribution is 0.486. The van der Waals surface area contributed by atoms with E-state index in [9.17, 15) is 0 Å². The molecule has 0 amide bonds. The van der Waals surface area contributed by atoms with E-state index >= 15 is 0 Å². The zero-order chi connectivity index (χ0) is 7.40. The molecule has 60 valence electrons. The molecular formula is C7H15NS2. The second kappa shape index (κ2) is 4.52. The normalized spacial score (nSPS) is 27.3. The van der Waals surface area contributed by atoms with Gasteiger partial charge in [0.2, 0.25) is 0 Å². The Kier molecular flexibility index (Phi) is 3.96. The summed E-state index contributed by atoms with van der Waals surface area (Å²) in [7, 11) is 4.00. The van der Waals surface area contributed by atoms with Gasteiger partial charge in [-0.15, -0.1) is 0 Å². The summed E-state index contributed by atoms with van der Waals surface area (Å²) in [5, 5.41) is 3.55. The highest BCUT2D eigenvalue weighted by Gasteiger charge is 2.13. The molecule has 0 radical (unpaired) electrons. The largest absolute Gasteiger partial charge is 0.311 e. The van der Waals surface area contributed by atoms with Gasteiger partial charge in [0.1, 0.15) is 0 Å². The van der Waals surface area contributed by atoms with Crippen molar-refractivity contribution in [2.24, 2.45) is 0 Å². The smallest absolute Gasteiger partial charge is 0.0192 e. The van der Waals surface area contributed by atoms with Crippen LogP contribution >= 0.6 is 21.6 Å². The Hall–Kier alpha value is 0.660. The quantitative estimate of drug-likeness (QED) is 0.649. The van der Waals surface area contributed by atoms with E-state index < -0.39 is 0 Å². The lowest BCUT2D eigenvalue weighted by Gasteiger charge is -2.23. The first-order chi connectivity index (χ1) is 4.79. The fraction of sp³-hybridized carbons (Fsp3) is 1.00. The Morgan fingerprint density at radius 3 is 2.70 bits per heavy atom. The molecule has 1 heterocycles. The molecule has 1 N–H and O–H groups in total. The van der Waals surface area contributed by atoms with Crippen molar-refractivity contribution in [1.82, 2.24) is 5.32 Å². The van der Waals surface area contributed by atoms with Gasteiger partial charge in [-0.25, -0.2) is 0 Å². The van der Waals surface area contributed by atoms with Crippen LogP contribution in [-0.4, -0.2) is 23.6 Å². The molecule has 0 aromatic rings. The van der Waals surface area contributed by atoms with Crippen molar-refractivity contribution in [2.45, 2.75) is 32.4 Å². The summed E-state index contributed by atoms with van der Waals surface area (Å²) in [5.74, 6) is 2.60. The van der Waals surface area contributed by atoms with Gasteiger partial charge >= 0.3 is 0 Å². The molecule has 0 aromatic carbocycles. The molecule has 0 aliphatic carbocycles. The van der Waals surface area contributed by atoms with Crippen LogP contribution in [0.4, 0.5) is 0 Å². The van der Waals surface area contributed by atoms with E-state index in [0.29, 0.717) is 6.04 Å². The van der Waals surface area contributed by atoms with Gasteiger partial charge in [0.05, 0.1) is 0 Å². The van der Waals surface area contributed by atoms with Crippen LogP contribution in [0.25, 0.3) is 0 Å². The van der Waals surface area contributed by atoms with Crippen LogP contribution in [0.15, 0.2) is 0 Å². The molecule has 1 rings (SSSR count). The summed E-state index contributed by atoms with van der Waals surface area (Å²) in [6.45, 7) is 4.43. The van der Waals surface area contributed by atoms with E-state index in [1.807, 2.05) is 21.6 Å². The van der Waals surface area contributed by atoms with Crippen molar-refractivity contribution in [1.29, 1.82) is 0 Å². The zero-order valence-corrected chi connectivity index (χ0v) is 8.23. The van der Waals surface area contributed by atoms with Crippen molar-refractivity contribution in [3.8, 4) is 0 Å². The number of hydrogen-bond donors (Lipinski definition) is 1. The lowest BCUT2D eigenvalue weighted by atomic mass is 10.2. The van der Waals surface area contributed by atoms with E-state index in [1.165, 1.54) is 17.9 Å². The molecule has 1 atom stereocenters. The fourth-order valence-corrected chi connectivity index (χ4v) is 3.51. The van der Waals surface area contributed by atoms with Crippen molar-refractivity contribution >= 4 is 21.6 Å². The van der Waals surface area contributed by atoms with Gasteiger partial charge in [0.25, 0.3) is 0 Å². The Labute approximate surface area is 71.1 Å². The van der Waals surface area contributed by atoms with Crippen LogP contribution in [-0.2, 0) is 0 Å². The van der Waals surface area contributed by atoms with Gasteiger partial charge in [0, 0.05) is 23.6 Å². The average molecular weight is 177 g/mol. The van der Waals surface area contributed by atoms with Crippen molar-refractivity contribution in [3.63, 3.8) is 0 Å². The maximum Gasteiger partial charge on any atom is 0.0192 e. The SMILES string of the molecule is CC(C)NC1CCSSC1. The Morgan fingerprint density at radius 1 is 1.40 bits per heavy atom. The van der Waals surface area contributed by atoms with E-state index in [-0.39, 0.29) is 0 Å². The zero-order valence-electron chi connectivity index (χ0n) is 6.59. The van der Waals surface area contributed by atoms with Crippen LogP contribution in [0.1, 0.15) is 20.3 Å². The second-order valence-electron chi connectivity index (χ2n) is 2.91. The average Bonchev–Trinajstić information content (AvgIpc) is 1.88. The number of rotatable bonds is 2. The molecule has 1 aliphatic rings. The minimum atomic E-state index is 0.647. The molecule has 1 nitrogen and oxygen atoms in total. The van der Waals surface area contributed by atoms with Gasteiger partial charge in [-0.3, -0.25) is 0 Å². The molecule has 1 unspecified atom stereocenters. The molecule has 0 bridgehead atoms. The highest BCUT2D eigenvalue weighted by molar-refractivity contribution is 8.76. The van der Waals surface area contributed by atoms with E-state index in [1.54, 1.807) is 0 Å². The first-order valence-corrected chi connectivity index (χ1v) is 6.28. The monoisotopic (exact) mass is 177 g/mol. The highest BCUT2D eigenvalue weighted by atomic mass is 33.1. The van der Waals surface area contributed by atoms with E-state index in [2.05, 4.69) is 19.2 Å². The highest BCUT2D eigenvalue weighted by Crippen LogP contribution is 2.29. The molecule has 1 saturated heterocycles. The number of nitrogens with one attached hydrogen (secondary N) is 1.